The van der Waals surface area contributed by atoms with Crippen LogP contribution >= 0.6 is 0 Å². The van der Waals surface area contributed by atoms with Crippen LogP contribution in [0.3, 0.4) is 0 Å². The summed E-state index contributed by atoms with van der Waals surface area (Å²) in [6, 6.07) is 7.54. The van der Waals surface area contributed by atoms with E-state index in [1.807, 2.05) is 45.0 Å². The zero-order valence-corrected chi connectivity index (χ0v) is 19.9. The average Bonchev–Trinajstić information content (AvgIpc) is 2.75. The topological polar surface area (TPSA) is 91.0 Å². The Kier molecular flexibility index (Phi) is 10.6. The second-order valence-electron chi connectivity index (χ2n) is 8.78. The lowest BCUT2D eigenvalue weighted by molar-refractivity contribution is -0.134. The second-order valence-corrected chi connectivity index (χ2v) is 8.78. The highest BCUT2D eigenvalue weighted by Gasteiger charge is 2.26. The number of carbonyl (C=O) groups is 3. The maximum Gasteiger partial charge on any atom is 0.243 e. The van der Waals surface area contributed by atoms with Crippen molar-refractivity contribution < 1.29 is 19.1 Å². The summed E-state index contributed by atoms with van der Waals surface area (Å²) in [7, 11) is 1.64. The number of rotatable bonds is 11. The van der Waals surface area contributed by atoms with E-state index < -0.39 is 0 Å². The fourth-order valence-corrected chi connectivity index (χ4v) is 3.55. The Hall–Kier alpha value is -2.45. The van der Waals surface area contributed by atoms with Gasteiger partial charge in [0.25, 0.3) is 0 Å². The van der Waals surface area contributed by atoms with E-state index in [0.717, 1.165) is 24.8 Å². The van der Waals surface area contributed by atoms with E-state index in [0.29, 0.717) is 31.9 Å². The summed E-state index contributed by atoms with van der Waals surface area (Å²) in [6.07, 6.45) is 2.49. The molecule has 0 radical (unpaired) electrons. The third-order valence-electron chi connectivity index (χ3n) is 5.53. The Morgan fingerprint density at radius 1 is 1.16 bits per heavy atom. The number of hydrogen-bond donors (Lipinski definition) is 2. The lowest BCUT2D eigenvalue weighted by atomic mass is 9.96. The number of hydrogen-bond acceptors (Lipinski definition) is 5. The van der Waals surface area contributed by atoms with Crippen molar-refractivity contribution in [3.8, 4) is 0 Å². The van der Waals surface area contributed by atoms with Crippen LogP contribution in [0.25, 0.3) is 0 Å². The number of amides is 3. The van der Waals surface area contributed by atoms with Gasteiger partial charge < -0.3 is 20.3 Å². The highest BCUT2D eigenvalue weighted by atomic mass is 16.5. The maximum atomic E-state index is 12.5. The molecule has 1 aliphatic heterocycles. The molecule has 178 valence electrons. The van der Waals surface area contributed by atoms with Gasteiger partial charge in [0.2, 0.25) is 17.7 Å². The molecule has 2 N–H and O–H groups in total. The number of ether oxygens (including phenoxy) is 1. The number of carbonyl (C=O) groups excluding carboxylic acids is 3. The third kappa shape index (κ3) is 9.36. The first kappa shape index (κ1) is 25.8. The van der Waals surface area contributed by atoms with Crippen molar-refractivity contribution >= 4 is 23.4 Å². The van der Waals surface area contributed by atoms with Gasteiger partial charge in [0, 0.05) is 31.8 Å². The normalized spacial score (nSPS) is 14.9. The molecular formula is C24H38N4O4. The van der Waals surface area contributed by atoms with Crippen LogP contribution in [0.5, 0.6) is 0 Å². The minimum absolute atomic E-state index is 0.00606. The molecule has 1 aromatic carbocycles. The van der Waals surface area contributed by atoms with Crippen LogP contribution in [-0.4, -0.2) is 80.0 Å². The van der Waals surface area contributed by atoms with Gasteiger partial charge in [-0.25, -0.2) is 0 Å². The van der Waals surface area contributed by atoms with E-state index in [-0.39, 0.29) is 42.8 Å². The van der Waals surface area contributed by atoms with E-state index in [1.165, 1.54) is 4.90 Å². The van der Waals surface area contributed by atoms with Gasteiger partial charge >= 0.3 is 0 Å². The summed E-state index contributed by atoms with van der Waals surface area (Å²) in [4.78, 5) is 40.6. The first-order chi connectivity index (χ1) is 15.2. The summed E-state index contributed by atoms with van der Waals surface area (Å²) < 4.78 is 5.48. The molecule has 1 saturated heterocycles. The molecule has 8 heteroatoms. The van der Waals surface area contributed by atoms with E-state index in [4.69, 9.17) is 4.74 Å². The van der Waals surface area contributed by atoms with Gasteiger partial charge in [-0.3, -0.25) is 19.3 Å². The largest absolute Gasteiger partial charge is 0.379 e. The van der Waals surface area contributed by atoms with Crippen molar-refractivity contribution in [1.29, 1.82) is 0 Å². The second kappa shape index (κ2) is 13.2. The van der Waals surface area contributed by atoms with Crippen LogP contribution in [0, 0.1) is 12.8 Å². The summed E-state index contributed by atoms with van der Waals surface area (Å²) in [5.74, 6) is -0.244. The third-order valence-corrected chi connectivity index (χ3v) is 5.53. The number of nitrogens with one attached hydrogen (secondary N) is 2. The molecule has 1 heterocycles. The Morgan fingerprint density at radius 3 is 2.44 bits per heavy atom. The fraction of sp³-hybridized carbons (Fsp3) is 0.625. The Morgan fingerprint density at radius 2 is 1.81 bits per heavy atom. The highest BCUT2D eigenvalue weighted by Crippen LogP contribution is 2.17. The molecule has 0 aliphatic carbocycles. The van der Waals surface area contributed by atoms with Gasteiger partial charge in [0.05, 0.1) is 19.2 Å². The number of aryl methyl sites for hydroxylation is 1. The van der Waals surface area contributed by atoms with Gasteiger partial charge in [0.15, 0.2) is 0 Å². The molecule has 32 heavy (non-hydrogen) atoms. The summed E-state index contributed by atoms with van der Waals surface area (Å²) >= 11 is 0. The molecule has 0 aromatic heterocycles. The monoisotopic (exact) mass is 446 g/mol. The maximum absolute atomic E-state index is 12.5. The summed E-state index contributed by atoms with van der Waals surface area (Å²) in [6.45, 7) is 8.91. The molecule has 0 unspecified atom stereocenters. The summed E-state index contributed by atoms with van der Waals surface area (Å²) in [5.41, 5.74) is 1.84. The minimum atomic E-state index is -0.223. The van der Waals surface area contributed by atoms with E-state index in [1.54, 1.807) is 7.05 Å². The Bertz CT molecular complexity index is 743. The smallest absolute Gasteiger partial charge is 0.243 e. The van der Waals surface area contributed by atoms with Crippen LogP contribution in [0.4, 0.5) is 5.69 Å². The molecule has 0 atom stereocenters. The van der Waals surface area contributed by atoms with Crippen LogP contribution in [0.2, 0.25) is 0 Å². The lowest BCUT2D eigenvalue weighted by Crippen LogP contribution is -2.46. The molecule has 8 nitrogen and oxygen atoms in total. The molecule has 1 fully saturated rings. The molecular weight excluding hydrogens is 408 g/mol. The number of piperidine rings is 1. The van der Waals surface area contributed by atoms with Crippen LogP contribution in [0.1, 0.15) is 38.7 Å². The van der Waals surface area contributed by atoms with Crippen molar-refractivity contribution in [3.05, 3.63) is 29.8 Å². The van der Waals surface area contributed by atoms with Crippen molar-refractivity contribution in [3.63, 3.8) is 0 Å². The van der Waals surface area contributed by atoms with Crippen LogP contribution in [0.15, 0.2) is 24.3 Å². The van der Waals surface area contributed by atoms with Gasteiger partial charge in [-0.1, -0.05) is 17.7 Å². The van der Waals surface area contributed by atoms with Gasteiger partial charge in [-0.05, 0) is 65.3 Å². The number of anilines is 1. The van der Waals surface area contributed by atoms with E-state index >= 15 is 0 Å². The SMILES string of the molecule is Cc1ccc(NC(=O)CN(C)C(=O)CN2CCC(C(=O)NCCCOC(C)C)CC2)cc1. The van der Waals surface area contributed by atoms with Gasteiger partial charge in [-0.15, -0.1) is 0 Å². The van der Waals surface area contributed by atoms with Crippen molar-refractivity contribution in [2.75, 3.05) is 51.7 Å². The van der Waals surface area contributed by atoms with Gasteiger partial charge in [-0.2, -0.15) is 0 Å². The predicted octanol–water partition coefficient (Wildman–Crippen LogP) is 2.04. The standard InChI is InChI=1S/C24H38N4O4/c1-18(2)32-15-5-12-25-24(31)20-10-13-28(14-11-20)17-23(30)27(4)16-22(29)26-21-8-6-19(3)7-9-21/h6-9,18,20H,5,10-17H2,1-4H3,(H,25,31)(H,26,29). The quantitative estimate of drug-likeness (QED) is 0.508. The number of likely N-dealkylation sites (tertiary alicyclic amines) is 1. The Balaban J connectivity index is 1.64. The predicted molar refractivity (Wildman–Crippen MR) is 125 cm³/mol. The van der Waals surface area contributed by atoms with E-state index in [9.17, 15) is 14.4 Å². The molecule has 2 rings (SSSR count). The van der Waals surface area contributed by atoms with Crippen LogP contribution < -0.4 is 10.6 Å². The van der Waals surface area contributed by atoms with Crippen molar-refractivity contribution in [1.82, 2.24) is 15.1 Å². The fourth-order valence-electron chi connectivity index (χ4n) is 3.55. The number of nitrogens with zero attached hydrogens (tertiary/aromatic N) is 2. The zero-order chi connectivity index (χ0) is 23.5. The molecule has 0 spiro atoms. The minimum Gasteiger partial charge on any atom is -0.379 e. The number of likely N-dealkylation sites (N-methyl/N-ethyl adjacent to an activating group) is 1. The molecule has 3 amide bonds. The molecule has 1 aromatic rings. The molecule has 0 saturated carbocycles. The molecule has 0 bridgehead atoms. The number of benzene rings is 1. The average molecular weight is 447 g/mol. The zero-order valence-electron chi connectivity index (χ0n) is 19.9. The van der Waals surface area contributed by atoms with Crippen LogP contribution in [-0.2, 0) is 19.1 Å². The Labute approximate surface area is 191 Å². The summed E-state index contributed by atoms with van der Waals surface area (Å²) in [5, 5.41) is 5.80. The van der Waals surface area contributed by atoms with Gasteiger partial charge in [0.1, 0.15) is 0 Å². The van der Waals surface area contributed by atoms with Crippen molar-refractivity contribution in [2.24, 2.45) is 5.92 Å². The highest BCUT2D eigenvalue weighted by molar-refractivity contribution is 5.94. The first-order valence-electron chi connectivity index (χ1n) is 11.5. The first-order valence-corrected chi connectivity index (χ1v) is 11.5. The van der Waals surface area contributed by atoms with Crippen molar-refractivity contribution in [2.45, 2.75) is 46.1 Å². The molecule has 1 aliphatic rings. The lowest BCUT2D eigenvalue weighted by Gasteiger charge is -2.31. The van der Waals surface area contributed by atoms with E-state index in [2.05, 4.69) is 15.5 Å².